The van der Waals surface area contributed by atoms with Crippen LogP contribution in [0.1, 0.15) is 32.1 Å². The molecule has 0 bridgehead atoms. The summed E-state index contributed by atoms with van der Waals surface area (Å²) in [4.78, 5) is 38.4. The number of benzene rings is 1. The highest BCUT2D eigenvalue weighted by Crippen LogP contribution is 2.36. The van der Waals surface area contributed by atoms with Gasteiger partial charge in [0.2, 0.25) is 11.8 Å². The summed E-state index contributed by atoms with van der Waals surface area (Å²) in [6.45, 7) is -0.170. The third-order valence-electron chi connectivity index (χ3n) is 4.72. The van der Waals surface area contributed by atoms with E-state index in [9.17, 15) is 23.2 Å². The Balaban J connectivity index is 1.76. The molecule has 25 heavy (non-hydrogen) atoms. The van der Waals surface area contributed by atoms with Gasteiger partial charge in [-0.15, -0.1) is 11.8 Å². The van der Waals surface area contributed by atoms with E-state index in [1.807, 2.05) is 0 Å². The third kappa shape index (κ3) is 3.53. The van der Waals surface area contributed by atoms with Crippen LogP contribution in [0.25, 0.3) is 0 Å². The predicted octanol–water partition coefficient (Wildman–Crippen LogP) is 2.24. The average Bonchev–Trinajstić information content (AvgIpc) is 2.58. The number of halogens is 2. The second-order valence-electron chi connectivity index (χ2n) is 6.31. The molecule has 0 unspecified atom stereocenters. The second kappa shape index (κ2) is 7.11. The molecule has 1 aromatic carbocycles. The summed E-state index contributed by atoms with van der Waals surface area (Å²) >= 11 is 0.931. The molecule has 2 fully saturated rings. The van der Waals surface area contributed by atoms with Gasteiger partial charge >= 0.3 is 0 Å². The summed E-state index contributed by atoms with van der Waals surface area (Å²) in [5, 5.41) is 2.33. The fourth-order valence-electron chi connectivity index (χ4n) is 3.47. The Morgan fingerprint density at radius 2 is 1.92 bits per heavy atom. The molecule has 2 aliphatic rings. The number of thioether (sulfide) groups is 1. The maximum Gasteiger partial charge on any atom is 0.252 e. The van der Waals surface area contributed by atoms with E-state index in [1.54, 1.807) is 0 Å². The molecule has 1 aromatic rings. The largest absolute Gasteiger partial charge is 0.318 e. The van der Waals surface area contributed by atoms with Crippen molar-refractivity contribution in [3.63, 3.8) is 0 Å². The predicted molar refractivity (Wildman–Crippen MR) is 87.8 cm³/mol. The lowest BCUT2D eigenvalue weighted by Gasteiger charge is -2.47. The van der Waals surface area contributed by atoms with Gasteiger partial charge in [-0.25, -0.2) is 8.78 Å². The average molecular weight is 368 g/mol. The summed E-state index contributed by atoms with van der Waals surface area (Å²) in [5.74, 6) is -2.86. The van der Waals surface area contributed by atoms with Gasteiger partial charge in [0.15, 0.2) is 0 Å². The number of nitrogens with zero attached hydrogens (tertiary/aromatic N) is 1. The molecule has 1 N–H and O–H groups in total. The first kappa shape index (κ1) is 17.8. The van der Waals surface area contributed by atoms with E-state index in [2.05, 4.69) is 5.32 Å². The van der Waals surface area contributed by atoms with Gasteiger partial charge in [0.25, 0.3) is 5.91 Å². The Morgan fingerprint density at radius 1 is 1.20 bits per heavy atom. The van der Waals surface area contributed by atoms with Crippen LogP contribution in [0.3, 0.4) is 0 Å². The highest BCUT2D eigenvalue weighted by atomic mass is 32.2. The van der Waals surface area contributed by atoms with Crippen LogP contribution in [-0.2, 0) is 14.4 Å². The van der Waals surface area contributed by atoms with Gasteiger partial charge in [-0.05, 0) is 25.0 Å². The highest BCUT2D eigenvalue weighted by Gasteiger charge is 2.50. The van der Waals surface area contributed by atoms with Gasteiger partial charge in [-0.3, -0.25) is 19.7 Å². The summed E-state index contributed by atoms with van der Waals surface area (Å²) in [6.07, 6.45) is 3.65. The fourth-order valence-corrected chi connectivity index (χ4v) is 4.27. The van der Waals surface area contributed by atoms with Gasteiger partial charge in [0, 0.05) is 11.0 Å². The Labute approximate surface area is 148 Å². The molecule has 1 saturated carbocycles. The van der Waals surface area contributed by atoms with Crippen LogP contribution in [0.2, 0.25) is 0 Å². The van der Waals surface area contributed by atoms with Crippen LogP contribution >= 0.6 is 11.8 Å². The molecular formula is C17H18F2N2O3S. The smallest absolute Gasteiger partial charge is 0.252 e. The molecule has 1 aliphatic heterocycles. The highest BCUT2D eigenvalue weighted by molar-refractivity contribution is 8.00. The van der Waals surface area contributed by atoms with Gasteiger partial charge in [0.05, 0.1) is 5.75 Å². The van der Waals surface area contributed by atoms with E-state index in [0.29, 0.717) is 12.8 Å². The minimum atomic E-state index is -0.981. The molecule has 0 radical (unpaired) electrons. The second-order valence-corrected chi connectivity index (χ2v) is 7.33. The topological polar surface area (TPSA) is 66.5 Å². The first-order valence-electron chi connectivity index (χ1n) is 8.15. The maximum atomic E-state index is 13.7. The van der Waals surface area contributed by atoms with Crippen molar-refractivity contribution < 1.29 is 23.2 Å². The van der Waals surface area contributed by atoms with E-state index in [4.69, 9.17) is 0 Å². The van der Waals surface area contributed by atoms with Crippen LogP contribution in [0.4, 0.5) is 8.78 Å². The minimum absolute atomic E-state index is 0.120. The zero-order valence-electron chi connectivity index (χ0n) is 13.5. The van der Waals surface area contributed by atoms with Crippen LogP contribution in [0, 0.1) is 11.6 Å². The number of hydrogen-bond donors (Lipinski definition) is 1. The van der Waals surface area contributed by atoms with Crippen LogP contribution in [0.15, 0.2) is 23.1 Å². The molecule has 1 spiro atoms. The Morgan fingerprint density at radius 3 is 2.60 bits per heavy atom. The first-order valence-corrected chi connectivity index (χ1v) is 9.13. The molecule has 134 valence electrons. The van der Waals surface area contributed by atoms with Crippen molar-refractivity contribution in [1.82, 2.24) is 10.2 Å². The number of hydrogen-bond acceptors (Lipinski definition) is 4. The lowest BCUT2D eigenvalue weighted by Crippen LogP contribution is -2.69. The summed E-state index contributed by atoms with van der Waals surface area (Å²) in [5.41, 5.74) is -0.981. The number of carbonyl (C=O) groups is 3. The van der Waals surface area contributed by atoms with Crippen LogP contribution in [0.5, 0.6) is 0 Å². The van der Waals surface area contributed by atoms with E-state index >= 15 is 0 Å². The van der Waals surface area contributed by atoms with Crippen molar-refractivity contribution in [3.8, 4) is 0 Å². The molecular weight excluding hydrogens is 350 g/mol. The van der Waals surface area contributed by atoms with E-state index in [-0.39, 0.29) is 23.1 Å². The molecule has 1 aliphatic carbocycles. The lowest BCUT2D eigenvalue weighted by atomic mass is 9.78. The SMILES string of the molecule is O=C1CN(C(=O)CSc2ccc(F)cc2F)C2(CCCCC2)C(=O)N1. The van der Waals surface area contributed by atoms with Crippen LogP contribution in [-0.4, -0.2) is 40.5 Å². The Bertz CT molecular complexity index is 720. The minimum Gasteiger partial charge on any atom is -0.318 e. The number of amides is 3. The van der Waals surface area contributed by atoms with Crippen molar-refractivity contribution >= 4 is 29.5 Å². The van der Waals surface area contributed by atoms with Gasteiger partial charge < -0.3 is 4.90 Å². The molecule has 3 amide bonds. The first-order chi connectivity index (χ1) is 11.9. The number of rotatable bonds is 3. The molecule has 0 atom stereocenters. The van der Waals surface area contributed by atoms with E-state index in [1.165, 1.54) is 11.0 Å². The zero-order valence-corrected chi connectivity index (χ0v) is 14.3. The fraction of sp³-hybridized carbons (Fsp3) is 0.471. The van der Waals surface area contributed by atoms with E-state index in [0.717, 1.165) is 43.2 Å². The van der Waals surface area contributed by atoms with Gasteiger partial charge in [-0.2, -0.15) is 0 Å². The Hall–Kier alpha value is -1.96. The number of imide groups is 1. The number of carbonyl (C=O) groups excluding carboxylic acids is 3. The van der Waals surface area contributed by atoms with Crippen molar-refractivity contribution in [3.05, 3.63) is 29.8 Å². The normalized spacial score (nSPS) is 19.8. The molecule has 0 aromatic heterocycles. The molecule has 3 rings (SSSR count). The monoisotopic (exact) mass is 368 g/mol. The summed E-state index contributed by atoms with van der Waals surface area (Å²) in [7, 11) is 0. The quantitative estimate of drug-likeness (QED) is 0.656. The Kier molecular flexibility index (Phi) is 5.08. The van der Waals surface area contributed by atoms with Crippen LogP contribution < -0.4 is 5.32 Å². The lowest BCUT2D eigenvalue weighted by molar-refractivity contribution is -0.158. The molecule has 1 saturated heterocycles. The van der Waals surface area contributed by atoms with Gasteiger partial charge in [-0.1, -0.05) is 19.3 Å². The standard InChI is InChI=1S/C17H18F2N2O3S/c18-11-4-5-13(12(19)8-11)25-10-15(23)21-9-14(22)20-16(24)17(21)6-2-1-3-7-17/h4-5,8H,1-3,6-7,9-10H2,(H,20,22,24). The molecule has 5 nitrogen and oxygen atoms in total. The van der Waals surface area contributed by atoms with Crippen molar-refractivity contribution in [2.75, 3.05) is 12.3 Å². The van der Waals surface area contributed by atoms with Crippen molar-refractivity contribution in [2.24, 2.45) is 0 Å². The summed E-state index contributed by atoms with van der Waals surface area (Å²) < 4.78 is 26.7. The number of nitrogens with one attached hydrogen (secondary N) is 1. The number of piperazine rings is 1. The maximum absolute atomic E-state index is 13.7. The zero-order chi connectivity index (χ0) is 18.0. The van der Waals surface area contributed by atoms with E-state index < -0.39 is 29.0 Å². The summed E-state index contributed by atoms with van der Waals surface area (Å²) in [6, 6.07) is 3.15. The third-order valence-corrected chi connectivity index (χ3v) is 5.75. The van der Waals surface area contributed by atoms with Crippen molar-refractivity contribution in [2.45, 2.75) is 42.5 Å². The molecule has 8 heteroatoms. The molecule has 1 heterocycles. The van der Waals surface area contributed by atoms with Gasteiger partial charge in [0.1, 0.15) is 23.7 Å². The van der Waals surface area contributed by atoms with Crippen molar-refractivity contribution in [1.29, 1.82) is 0 Å².